The molecule has 9 nitrogen and oxygen atoms in total. The Morgan fingerprint density at radius 1 is 0.884 bits per heavy atom. The van der Waals surface area contributed by atoms with Gasteiger partial charge in [0, 0.05) is 29.6 Å². The van der Waals surface area contributed by atoms with Gasteiger partial charge in [0.2, 0.25) is 5.91 Å². The summed E-state index contributed by atoms with van der Waals surface area (Å²) in [7, 11) is 4.54. The molecule has 1 atom stereocenters. The third kappa shape index (κ3) is 8.01. The van der Waals surface area contributed by atoms with Crippen LogP contribution in [-0.2, 0) is 16.1 Å². The molecule has 0 radical (unpaired) electrons. The number of hydrogen-bond donors (Lipinski definition) is 1. The highest BCUT2D eigenvalue weighted by atomic mass is 32.2. The predicted octanol–water partition coefficient (Wildman–Crippen LogP) is 5.76. The van der Waals surface area contributed by atoms with Gasteiger partial charge in [-0.05, 0) is 55.8 Å². The number of aryl methyl sites for hydroxylation is 2. The molecule has 1 unspecified atom stereocenters. The molecule has 0 aliphatic rings. The zero-order chi connectivity index (χ0) is 30.9. The second kappa shape index (κ2) is 14.5. The van der Waals surface area contributed by atoms with Crippen LogP contribution in [0.3, 0.4) is 0 Å². The minimum atomic E-state index is -1.15. The summed E-state index contributed by atoms with van der Waals surface area (Å²) in [6.07, 6.45) is 0. The highest BCUT2D eigenvalue weighted by Crippen LogP contribution is 2.33. The fourth-order valence-corrected chi connectivity index (χ4v) is 5.30. The van der Waals surface area contributed by atoms with E-state index in [4.69, 9.17) is 14.2 Å². The summed E-state index contributed by atoms with van der Waals surface area (Å²) in [5.74, 6) is -0.00669. The van der Waals surface area contributed by atoms with Crippen LogP contribution in [0.25, 0.3) is 0 Å². The van der Waals surface area contributed by atoms with Crippen LogP contribution in [-0.4, -0.2) is 53.8 Å². The summed E-state index contributed by atoms with van der Waals surface area (Å²) in [6, 6.07) is 18.6. The molecule has 2 amide bonds. The smallest absolute Gasteiger partial charge is 0.251 e. The second-order valence-corrected chi connectivity index (χ2v) is 10.5. The molecule has 0 aliphatic heterocycles. The van der Waals surface area contributed by atoms with Gasteiger partial charge < -0.3 is 24.4 Å². The fourth-order valence-electron chi connectivity index (χ4n) is 4.46. The Hall–Kier alpha value is -4.64. The molecule has 11 heteroatoms. The largest absolute Gasteiger partial charge is 0.497 e. The fraction of sp³-hybridized carbons (Fsp3) is 0.250. The van der Waals surface area contributed by atoms with E-state index in [1.807, 2.05) is 19.9 Å². The molecule has 0 bridgehead atoms. The Bertz CT molecular complexity index is 1560. The second-order valence-electron chi connectivity index (χ2n) is 9.57. The first-order valence-corrected chi connectivity index (χ1v) is 14.4. The SMILES string of the molecule is COc1ccc(C(C(=O)Nc2ccc(OC)cc2OC)N(Cc2ccccc2F)C(=O)CSc2nc(C)cc(C)n2)cc1. The van der Waals surface area contributed by atoms with E-state index in [1.54, 1.807) is 60.7 Å². The quantitative estimate of drug-likeness (QED) is 0.161. The minimum Gasteiger partial charge on any atom is -0.497 e. The molecule has 224 valence electrons. The van der Waals surface area contributed by atoms with Gasteiger partial charge in [-0.1, -0.05) is 42.1 Å². The van der Waals surface area contributed by atoms with Crippen molar-refractivity contribution in [2.75, 3.05) is 32.4 Å². The van der Waals surface area contributed by atoms with Crippen LogP contribution >= 0.6 is 11.8 Å². The Balaban J connectivity index is 1.75. The van der Waals surface area contributed by atoms with Crippen molar-refractivity contribution < 1.29 is 28.2 Å². The summed E-state index contributed by atoms with van der Waals surface area (Å²) in [6.45, 7) is 3.54. The standard InChI is InChI=1S/C32H33FN4O5S/c1-20-16-21(2)35-32(34-20)43-19-29(38)37(18-23-8-6-7-9-26(23)33)30(22-10-12-24(40-3)13-11-22)31(39)36-27-15-14-25(41-4)17-28(27)42-5/h6-17,30H,18-19H2,1-5H3,(H,36,39). The van der Waals surface area contributed by atoms with Gasteiger partial charge in [0.1, 0.15) is 29.1 Å². The molecule has 4 aromatic rings. The first kappa shape index (κ1) is 31.3. The first-order valence-electron chi connectivity index (χ1n) is 13.4. The van der Waals surface area contributed by atoms with Gasteiger partial charge in [0.15, 0.2) is 5.16 Å². The number of anilines is 1. The van der Waals surface area contributed by atoms with E-state index >= 15 is 0 Å². The number of ether oxygens (including phenoxy) is 3. The maximum atomic E-state index is 14.9. The molecule has 43 heavy (non-hydrogen) atoms. The Morgan fingerprint density at radius 3 is 2.16 bits per heavy atom. The Kier molecular flexibility index (Phi) is 10.6. The first-order chi connectivity index (χ1) is 20.7. The zero-order valence-corrected chi connectivity index (χ0v) is 25.4. The van der Waals surface area contributed by atoms with Crippen molar-refractivity contribution in [3.05, 3.63) is 101 Å². The summed E-state index contributed by atoms with van der Waals surface area (Å²) < 4.78 is 31.0. The van der Waals surface area contributed by atoms with Gasteiger partial charge in [0.25, 0.3) is 5.91 Å². The molecule has 0 saturated heterocycles. The Labute approximate surface area is 254 Å². The monoisotopic (exact) mass is 604 g/mol. The summed E-state index contributed by atoms with van der Waals surface area (Å²) in [5.41, 5.74) is 2.69. The van der Waals surface area contributed by atoms with Crippen molar-refractivity contribution in [2.45, 2.75) is 31.6 Å². The van der Waals surface area contributed by atoms with E-state index < -0.39 is 23.7 Å². The van der Waals surface area contributed by atoms with Gasteiger partial charge in [-0.3, -0.25) is 9.59 Å². The van der Waals surface area contributed by atoms with Crippen LogP contribution < -0.4 is 19.5 Å². The van der Waals surface area contributed by atoms with Crippen LogP contribution in [0, 0.1) is 19.7 Å². The number of amides is 2. The van der Waals surface area contributed by atoms with E-state index in [0.717, 1.165) is 23.1 Å². The lowest BCUT2D eigenvalue weighted by atomic mass is 10.0. The number of thioether (sulfide) groups is 1. The number of nitrogens with one attached hydrogen (secondary N) is 1. The number of hydrogen-bond acceptors (Lipinski definition) is 8. The number of carbonyl (C=O) groups excluding carboxylic acids is 2. The lowest BCUT2D eigenvalue weighted by Crippen LogP contribution is -2.42. The van der Waals surface area contributed by atoms with Crippen molar-refractivity contribution in [1.82, 2.24) is 14.9 Å². The van der Waals surface area contributed by atoms with Gasteiger partial charge in [0.05, 0.1) is 32.8 Å². The van der Waals surface area contributed by atoms with Crippen molar-refractivity contribution in [3.8, 4) is 17.2 Å². The molecule has 0 spiro atoms. The predicted molar refractivity (Wildman–Crippen MR) is 163 cm³/mol. The number of rotatable bonds is 12. The number of methoxy groups -OCH3 is 3. The summed E-state index contributed by atoms with van der Waals surface area (Å²) >= 11 is 1.15. The summed E-state index contributed by atoms with van der Waals surface area (Å²) in [4.78, 5) is 38.3. The van der Waals surface area contributed by atoms with E-state index in [-0.39, 0.29) is 17.9 Å². The van der Waals surface area contributed by atoms with Gasteiger partial charge in [-0.2, -0.15) is 0 Å². The maximum absolute atomic E-state index is 14.9. The molecule has 0 fully saturated rings. The summed E-state index contributed by atoms with van der Waals surface area (Å²) in [5, 5.41) is 3.33. The van der Waals surface area contributed by atoms with Crippen LogP contribution in [0.15, 0.2) is 78.0 Å². The molecule has 1 N–H and O–H groups in total. The van der Waals surface area contributed by atoms with E-state index in [9.17, 15) is 14.0 Å². The van der Waals surface area contributed by atoms with Crippen molar-refractivity contribution in [2.24, 2.45) is 0 Å². The topological polar surface area (TPSA) is 103 Å². The molecule has 0 saturated carbocycles. The van der Waals surface area contributed by atoms with Gasteiger partial charge in [-0.25, -0.2) is 14.4 Å². The molecule has 1 heterocycles. The molecule has 0 aliphatic carbocycles. The van der Waals surface area contributed by atoms with Crippen LogP contribution in [0.4, 0.5) is 10.1 Å². The van der Waals surface area contributed by atoms with Crippen LogP contribution in [0.5, 0.6) is 17.2 Å². The number of halogens is 1. The average molecular weight is 605 g/mol. The number of carbonyl (C=O) groups is 2. The van der Waals surface area contributed by atoms with E-state index in [1.165, 1.54) is 32.3 Å². The number of nitrogens with zero attached hydrogens (tertiary/aromatic N) is 3. The van der Waals surface area contributed by atoms with E-state index in [2.05, 4.69) is 15.3 Å². The third-order valence-electron chi connectivity index (χ3n) is 6.56. The van der Waals surface area contributed by atoms with Crippen molar-refractivity contribution >= 4 is 29.3 Å². The van der Waals surface area contributed by atoms with Crippen LogP contribution in [0.2, 0.25) is 0 Å². The maximum Gasteiger partial charge on any atom is 0.251 e. The minimum absolute atomic E-state index is 0.0802. The normalized spacial score (nSPS) is 11.4. The van der Waals surface area contributed by atoms with Gasteiger partial charge >= 0.3 is 0 Å². The van der Waals surface area contributed by atoms with Gasteiger partial charge in [-0.15, -0.1) is 0 Å². The van der Waals surface area contributed by atoms with Crippen LogP contribution in [0.1, 0.15) is 28.6 Å². The zero-order valence-electron chi connectivity index (χ0n) is 24.6. The molecular weight excluding hydrogens is 571 g/mol. The van der Waals surface area contributed by atoms with Crippen molar-refractivity contribution in [3.63, 3.8) is 0 Å². The lowest BCUT2D eigenvalue weighted by molar-refractivity contribution is -0.137. The number of benzene rings is 3. The van der Waals surface area contributed by atoms with E-state index in [0.29, 0.717) is 33.7 Å². The number of aromatic nitrogens is 2. The highest BCUT2D eigenvalue weighted by Gasteiger charge is 2.33. The molecular formula is C32H33FN4O5S. The molecule has 4 rings (SSSR count). The average Bonchev–Trinajstić information content (AvgIpc) is 3.00. The third-order valence-corrected chi connectivity index (χ3v) is 7.40. The molecule has 3 aromatic carbocycles. The molecule has 1 aromatic heterocycles. The van der Waals surface area contributed by atoms with Crippen molar-refractivity contribution in [1.29, 1.82) is 0 Å². The highest BCUT2D eigenvalue weighted by molar-refractivity contribution is 7.99. The lowest BCUT2D eigenvalue weighted by Gasteiger charge is -2.32. The Morgan fingerprint density at radius 2 is 1.53 bits per heavy atom.